The molecule has 0 bridgehead atoms. The first kappa shape index (κ1) is 12.6. The van der Waals surface area contributed by atoms with Gasteiger partial charge in [-0.2, -0.15) is 0 Å². The Morgan fingerprint density at radius 2 is 2.00 bits per heavy atom. The van der Waals surface area contributed by atoms with Crippen molar-refractivity contribution in [3.05, 3.63) is 27.7 Å². The predicted molar refractivity (Wildman–Crippen MR) is 62.8 cm³/mol. The number of aliphatic hydroxyl groups excluding tert-OH is 2. The molecule has 15 heavy (non-hydrogen) atoms. The van der Waals surface area contributed by atoms with Crippen molar-refractivity contribution in [3.8, 4) is 0 Å². The third-order valence-corrected chi connectivity index (χ3v) is 2.71. The molecule has 0 aromatic heterocycles. The van der Waals surface area contributed by atoms with E-state index in [0.717, 1.165) is 5.56 Å². The zero-order chi connectivity index (χ0) is 11.4. The van der Waals surface area contributed by atoms with Crippen molar-refractivity contribution >= 4 is 28.9 Å². The van der Waals surface area contributed by atoms with Gasteiger partial charge in [-0.25, -0.2) is 0 Å². The topological polar surface area (TPSA) is 52.5 Å². The second-order valence-corrected chi connectivity index (χ2v) is 4.11. The van der Waals surface area contributed by atoms with E-state index in [9.17, 15) is 0 Å². The maximum absolute atomic E-state index is 9.15. The van der Waals surface area contributed by atoms with Crippen LogP contribution in [-0.2, 0) is 0 Å². The van der Waals surface area contributed by atoms with Crippen LogP contribution in [0.1, 0.15) is 5.56 Å². The molecule has 0 heterocycles. The van der Waals surface area contributed by atoms with Crippen molar-refractivity contribution < 1.29 is 10.2 Å². The summed E-state index contributed by atoms with van der Waals surface area (Å²) in [4.78, 5) is 0. The summed E-state index contributed by atoms with van der Waals surface area (Å²) in [5.41, 5.74) is 1.55. The van der Waals surface area contributed by atoms with Crippen LogP contribution in [0.4, 0.5) is 5.69 Å². The van der Waals surface area contributed by atoms with Crippen LogP contribution in [0, 0.1) is 6.92 Å². The van der Waals surface area contributed by atoms with Crippen LogP contribution in [0.15, 0.2) is 12.1 Å². The highest BCUT2D eigenvalue weighted by molar-refractivity contribution is 6.35. The first-order valence-electron chi connectivity index (χ1n) is 4.53. The summed E-state index contributed by atoms with van der Waals surface area (Å²) in [6, 6.07) is 3.45. The fourth-order valence-corrected chi connectivity index (χ4v) is 1.52. The van der Waals surface area contributed by atoms with Crippen LogP contribution in [0.3, 0.4) is 0 Å². The van der Waals surface area contributed by atoms with E-state index >= 15 is 0 Å². The highest BCUT2D eigenvalue weighted by atomic mass is 35.5. The molecule has 0 radical (unpaired) electrons. The third kappa shape index (κ3) is 3.54. The van der Waals surface area contributed by atoms with Crippen molar-refractivity contribution in [1.29, 1.82) is 0 Å². The van der Waals surface area contributed by atoms with E-state index in [1.165, 1.54) is 0 Å². The largest absolute Gasteiger partial charge is 0.394 e. The van der Waals surface area contributed by atoms with Gasteiger partial charge in [-0.1, -0.05) is 23.2 Å². The molecule has 0 unspecified atom stereocenters. The van der Waals surface area contributed by atoms with Crippen molar-refractivity contribution in [2.75, 3.05) is 18.5 Å². The van der Waals surface area contributed by atoms with Crippen molar-refractivity contribution in [2.24, 2.45) is 0 Å². The summed E-state index contributed by atoms with van der Waals surface area (Å²) >= 11 is 11.9. The smallest absolute Gasteiger partial charge is 0.0942 e. The van der Waals surface area contributed by atoms with Crippen molar-refractivity contribution in [2.45, 2.75) is 13.0 Å². The average molecular weight is 250 g/mol. The minimum Gasteiger partial charge on any atom is -0.394 e. The Morgan fingerprint density at radius 3 is 2.60 bits per heavy atom. The molecule has 5 heteroatoms. The number of rotatable bonds is 4. The average Bonchev–Trinajstić information content (AvgIpc) is 2.21. The summed E-state index contributed by atoms with van der Waals surface area (Å²) in [6.45, 7) is 1.81. The molecule has 0 aliphatic carbocycles. The van der Waals surface area contributed by atoms with E-state index < -0.39 is 6.10 Å². The number of aryl methyl sites for hydroxylation is 1. The highest BCUT2D eigenvalue weighted by Gasteiger charge is 2.06. The van der Waals surface area contributed by atoms with E-state index in [4.69, 9.17) is 33.4 Å². The summed E-state index contributed by atoms with van der Waals surface area (Å²) in [5.74, 6) is 0. The van der Waals surface area contributed by atoms with Crippen LogP contribution in [0.5, 0.6) is 0 Å². The predicted octanol–water partition coefficient (Wildman–Crippen LogP) is 2.07. The van der Waals surface area contributed by atoms with Crippen LogP contribution >= 0.6 is 23.2 Å². The number of benzene rings is 1. The van der Waals surface area contributed by atoms with Gasteiger partial charge < -0.3 is 15.5 Å². The minimum atomic E-state index is -0.804. The van der Waals surface area contributed by atoms with Gasteiger partial charge in [0.05, 0.1) is 23.4 Å². The maximum atomic E-state index is 9.15. The molecule has 1 rings (SSSR count). The summed E-state index contributed by atoms with van der Waals surface area (Å²) in [5, 5.41) is 21.8. The van der Waals surface area contributed by atoms with Crippen molar-refractivity contribution in [3.63, 3.8) is 0 Å². The third-order valence-electron chi connectivity index (χ3n) is 1.99. The van der Waals surface area contributed by atoms with Gasteiger partial charge in [-0.3, -0.25) is 0 Å². The number of halogens is 2. The standard InChI is InChI=1S/C10H13Cl2NO2/c1-6-2-9(12)10(3-8(6)11)13-4-7(15)5-14/h2-3,7,13-15H,4-5H2,1H3/t7-/m0/s1. The highest BCUT2D eigenvalue weighted by Crippen LogP contribution is 2.28. The number of hydrogen-bond donors (Lipinski definition) is 3. The quantitative estimate of drug-likeness (QED) is 0.766. The summed E-state index contributed by atoms with van der Waals surface area (Å²) in [6.07, 6.45) is -0.804. The van der Waals surface area contributed by atoms with Gasteiger partial charge in [-0.05, 0) is 24.6 Å². The normalized spacial score (nSPS) is 12.6. The van der Waals surface area contributed by atoms with Crippen LogP contribution in [0.2, 0.25) is 10.0 Å². The number of aliphatic hydroxyl groups is 2. The molecule has 0 saturated heterocycles. The Hall–Kier alpha value is -0.480. The Morgan fingerprint density at radius 1 is 1.33 bits per heavy atom. The van der Waals surface area contributed by atoms with Gasteiger partial charge in [0.15, 0.2) is 0 Å². The number of anilines is 1. The van der Waals surface area contributed by atoms with Gasteiger partial charge in [0, 0.05) is 11.6 Å². The molecule has 84 valence electrons. The van der Waals surface area contributed by atoms with Gasteiger partial charge >= 0.3 is 0 Å². The fraction of sp³-hybridized carbons (Fsp3) is 0.400. The Balaban J connectivity index is 2.73. The molecule has 0 amide bonds. The van der Waals surface area contributed by atoms with E-state index in [0.29, 0.717) is 15.7 Å². The Labute approximate surface area is 98.6 Å². The van der Waals surface area contributed by atoms with Gasteiger partial charge in [0.1, 0.15) is 0 Å². The van der Waals surface area contributed by atoms with Crippen LogP contribution in [0.25, 0.3) is 0 Å². The lowest BCUT2D eigenvalue weighted by molar-refractivity contribution is 0.105. The van der Waals surface area contributed by atoms with Crippen LogP contribution in [-0.4, -0.2) is 29.5 Å². The molecule has 0 saturated carbocycles. The fourth-order valence-electron chi connectivity index (χ4n) is 1.07. The molecule has 0 aliphatic heterocycles. The lowest BCUT2D eigenvalue weighted by Crippen LogP contribution is -2.23. The lowest BCUT2D eigenvalue weighted by atomic mass is 10.2. The maximum Gasteiger partial charge on any atom is 0.0942 e. The zero-order valence-electron chi connectivity index (χ0n) is 8.30. The Kier molecular flexibility index (Phi) is 4.67. The monoisotopic (exact) mass is 249 g/mol. The summed E-state index contributed by atoms with van der Waals surface area (Å²) < 4.78 is 0. The summed E-state index contributed by atoms with van der Waals surface area (Å²) in [7, 11) is 0. The van der Waals surface area contributed by atoms with E-state index in [-0.39, 0.29) is 13.2 Å². The molecular formula is C10H13Cl2NO2. The molecule has 0 fully saturated rings. The van der Waals surface area contributed by atoms with Crippen molar-refractivity contribution in [1.82, 2.24) is 0 Å². The first-order valence-corrected chi connectivity index (χ1v) is 5.28. The van der Waals surface area contributed by atoms with E-state index in [1.54, 1.807) is 12.1 Å². The molecule has 0 aliphatic rings. The number of nitrogens with one attached hydrogen (secondary N) is 1. The molecule has 3 N–H and O–H groups in total. The molecule has 3 nitrogen and oxygen atoms in total. The van der Waals surface area contributed by atoms with Gasteiger partial charge in [-0.15, -0.1) is 0 Å². The Bertz CT molecular complexity index is 344. The second kappa shape index (κ2) is 5.56. The molecule has 1 aromatic rings. The van der Waals surface area contributed by atoms with Gasteiger partial charge in [0.25, 0.3) is 0 Å². The van der Waals surface area contributed by atoms with Gasteiger partial charge in [0.2, 0.25) is 0 Å². The number of hydrogen-bond acceptors (Lipinski definition) is 3. The van der Waals surface area contributed by atoms with Crippen LogP contribution < -0.4 is 5.32 Å². The zero-order valence-corrected chi connectivity index (χ0v) is 9.81. The van der Waals surface area contributed by atoms with E-state index in [2.05, 4.69) is 5.32 Å². The lowest BCUT2D eigenvalue weighted by Gasteiger charge is -2.12. The van der Waals surface area contributed by atoms with E-state index in [1.807, 2.05) is 6.92 Å². The SMILES string of the molecule is Cc1cc(Cl)c(NC[C@H](O)CO)cc1Cl. The second-order valence-electron chi connectivity index (χ2n) is 3.30. The molecule has 0 spiro atoms. The molecular weight excluding hydrogens is 237 g/mol. The first-order chi connectivity index (χ1) is 7.04. The minimum absolute atomic E-state index is 0.232. The molecule has 1 atom stereocenters. The molecule has 1 aromatic carbocycles.